The van der Waals surface area contributed by atoms with Crippen molar-refractivity contribution in [3.63, 3.8) is 0 Å². The van der Waals surface area contributed by atoms with Crippen molar-refractivity contribution in [1.29, 1.82) is 0 Å². The highest BCUT2D eigenvalue weighted by molar-refractivity contribution is 7.99. The lowest BCUT2D eigenvalue weighted by molar-refractivity contribution is -0.151. The van der Waals surface area contributed by atoms with Gasteiger partial charge in [0.1, 0.15) is 11.1 Å². The summed E-state index contributed by atoms with van der Waals surface area (Å²) in [6.07, 6.45) is 1.14. The van der Waals surface area contributed by atoms with Gasteiger partial charge < -0.3 is 15.2 Å². The average molecular weight is 479 g/mol. The Bertz CT molecular complexity index is 809. The number of likely N-dealkylation sites (tertiary alicyclic amines) is 1. The molecular weight excluding hydrogens is 440 g/mol. The minimum absolute atomic E-state index is 0.172. The van der Waals surface area contributed by atoms with Crippen LogP contribution in [-0.4, -0.2) is 63.2 Å². The largest absolute Gasteiger partial charge is 0.465 e. The Kier molecular flexibility index (Phi) is 9.64. The van der Waals surface area contributed by atoms with Gasteiger partial charge in [-0.25, -0.2) is 4.79 Å². The van der Waals surface area contributed by atoms with Gasteiger partial charge in [0, 0.05) is 24.8 Å². The van der Waals surface area contributed by atoms with E-state index in [0.717, 1.165) is 12.0 Å². The van der Waals surface area contributed by atoms with Crippen LogP contribution in [0.5, 0.6) is 0 Å². The zero-order valence-electron chi connectivity index (χ0n) is 20.4. The van der Waals surface area contributed by atoms with Crippen LogP contribution in [0.2, 0.25) is 0 Å². The molecule has 0 aliphatic carbocycles. The average Bonchev–Trinajstić information content (AvgIpc) is 3.12. The minimum atomic E-state index is -1.13. The van der Waals surface area contributed by atoms with Crippen molar-refractivity contribution in [2.45, 2.75) is 77.5 Å². The third-order valence-corrected chi connectivity index (χ3v) is 6.61. The van der Waals surface area contributed by atoms with Gasteiger partial charge in [0.25, 0.3) is 0 Å². The van der Waals surface area contributed by atoms with Crippen molar-refractivity contribution in [2.24, 2.45) is 5.92 Å². The van der Waals surface area contributed by atoms with Gasteiger partial charge in [-0.2, -0.15) is 0 Å². The number of nitrogens with one attached hydrogen (secondary N) is 1. The van der Waals surface area contributed by atoms with E-state index < -0.39 is 17.2 Å². The van der Waals surface area contributed by atoms with Gasteiger partial charge in [-0.1, -0.05) is 44.2 Å². The highest BCUT2D eigenvalue weighted by Gasteiger charge is 2.50. The first-order valence-electron chi connectivity index (χ1n) is 11.6. The number of carboxylic acid groups (broad SMARTS) is 1. The van der Waals surface area contributed by atoms with Gasteiger partial charge >= 0.3 is 12.1 Å². The number of amides is 2. The Hall–Kier alpha value is -2.22. The Morgan fingerprint density at radius 1 is 1.21 bits per heavy atom. The number of nitrogens with zero attached hydrogens (tertiary/aromatic N) is 1. The van der Waals surface area contributed by atoms with E-state index in [-0.39, 0.29) is 23.7 Å². The van der Waals surface area contributed by atoms with Crippen LogP contribution in [-0.2, 0) is 20.7 Å². The number of esters is 1. The molecule has 0 saturated carbocycles. The monoisotopic (exact) mass is 478 g/mol. The molecule has 7 nitrogen and oxygen atoms in total. The van der Waals surface area contributed by atoms with E-state index in [1.54, 1.807) is 0 Å². The Balaban J connectivity index is 2.14. The number of carbonyl (C=O) groups excluding carboxylic acids is 2. The summed E-state index contributed by atoms with van der Waals surface area (Å²) >= 11 is 1.43. The second-order valence-electron chi connectivity index (χ2n) is 10.1. The van der Waals surface area contributed by atoms with Crippen molar-refractivity contribution in [3.8, 4) is 0 Å². The lowest BCUT2D eigenvalue weighted by Crippen LogP contribution is -2.60. The topological polar surface area (TPSA) is 95.9 Å². The van der Waals surface area contributed by atoms with Crippen LogP contribution in [0.15, 0.2) is 30.3 Å². The molecule has 1 aliphatic heterocycles. The number of benzene rings is 1. The van der Waals surface area contributed by atoms with Crippen molar-refractivity contribution in [3.05, 3.63) is 35.9 Å². The molecule has 2 unspecified atom stereocenters. The van der Waals surface area contributed by atoms with Crippen LogP contribution in [0.25, 0.3) is 0 Å². The fourth-order valence-electron chi connectivity index (χ4n) is 4.30. The predicted octanol–water partition coefficient (Wildman–Crippen LogP) is 4.35. The lowest BCUT2D eigenvalue weighted by atomic mass is 9.86. The normalized spacial score (nSPS) is 19.4. The standard InChI is InChI=1S/C25H38N2O5S/c1-18(2)14-20(16-33-17-21(28)32-24(3,4)5)26-22(29)25(12-9-13-27(25)23(30)31)15-19-10-7-6-8-11-19/h6-8,10-11,18,20H,9,12-17H2,1-5H3,(H,26,29)(H,30,31). The summed E-state index contributed by atoms with van der Waals surface area (Å²) in [6.45, 7) is 10.0. The molecule has 2 atom stereocenters. The van der Waals surface area contributed by atoms with E-state index in [2.05, 4.69) is 19.2 Å². The summed E-state index contributed by atoms with van der Waals surface area (Å²) < 4.78 is 5.37. The lowest BCUT2D eigenvalue weighted by Gasteiger charge is -2.37. The summed E-state index contributed by atoms with van der Waals surface area (Å²) in [5.74, 6) is 0.558. The van der Waals surface area contributed by atoms with Crippen LogP contribution in [0, 0.1) is 5.92 Å². The van der Waals surface area contributed by atoms with Gasteiger partial charge in [-0.3, -0.25) is 14.5 Å². The molecule has 184 valence electrons. The zero-order valence-corrected chi connectivity index (χ0v) is 21.2. The van der Waals surface area contributed by atoms with E-state index in [1.807, 2.05) is 51.1 Å². The third kappa shape index (κ3) is 8.25. The van der Waals surface area contributed by atoms with Gasteiger partial charge in [-0.05, 0) is 51.5 Å². The van der Waals surface area contributed by atoms with Gasteiger partial charge in [0.2, 0.25) is 5.91 Å². The molecule has 1 aromatic rings. The smallest absolute Gasteiger partial charge is 0.408 e. The summed E-state index contributed by atoms with van der Waals surface area (Å²) in [4.78, 5) is 39.0. The quantitative estimate of drug-likeness (QED) is 0.486. The second-order valence-corrected chi connectivity index (χ2v) is 11.2. The van der Waals surface area contributed by atoms with E-state index in [0.29, 0.717) is 37.5 Å². The van der Waals surface area contributed by atoms with Crippen molar-refractivity contribution in [2.75, 3.05) is 18.1 Å². The molecule has 1 saturated heterocycles. The molecule has 0 aromatic heterocycles. The summed E-state index contributed by atoms with van der Waals surface area (Å²) in [7, 11) is 0. The summed E-state index contributed by atoms with van der Waals surface area (Å²) in [5.41, 5.74) is -0.728. The molecule has 0 spiro atoms. The maximum absolute atomic E-state index is 13.6. The highest BCUT2D eigenvalue weighted by Crippen LogP contribution is 2.34. The van der Waals surface area contributed by atoms with Crippen LogP contribution in [0.3, 0.4) is 0 Å². The van der Waals surface area contributed by atoms with Crippen molar-refractivity contribution in [1.82, 2.24) is 10.2 Å². The molecule has 2 N–H and O–H groups in total. The van der Waals surface area contributed by atoms with E-state index in [4.69, 9.17) is 4.74 Å². The number of carbonyl (C=O) groups is 3. The van der Waals surface area contributed by atoms with Gasteiger partial charge in [-0.15, -0.1) is 11.8 Å². The van der Waals surface area contributed by atoms with Crippen LogP contribution < -0.4 is 5.32 Å². The molecule has 33 heavy (non-hydrogen) atoms. The Labute approximate surface area is 201 Å². The molecule has 0 radical (unpaired) electrons. The van der Waals surface area contributed by atoms with Gasteiger partial charge in [0.05, 0.1) is 5.75 Å². The molecule has 2 amide bonds. The molecule has 1 aliphatic rings. The minimum Gasteiger partial charge on any atom is -0.465 e. The molecule has 1 aromatic carbocycles. The summed E-state index contributed by atoms with van der Waals surface area (Å²) in [5, 5.41) is 13.0. The number of rotatable bonds is 10. The molecule has 0 bridgehead atoms. The Morgan fingerprint density at radius 3 is 2.45 bits per heavy atom. The van der Waals surface area contributed by atoms with Crippen LogP contribution >= 0.6 is 11.8 Å². The molecule has 2 rings (SSSR count). The predicted molar refractivity (Wildman–Crippen MR) is 131 cm³/mol. The molecule has 8 heteroatoms. The maximum Gasteiger partial charge on any atom is 0.408 e. The van der Waals surface area contributed by atoms with Gasteiger partial charge in [0.15, 0.2) is 0 Å². The number of hydrogen-bond acceptors (Lipinski definition) is 5. The number of thioether (sulfide) groups is 1. The van der Waals surface area contributed by atoms with Crippen LogP contribution in [0.1, 0.15) is 59.4 Å². The Morgan fingerprint density at radius 2 is 1.88 bits per heavy atom. The number of ether oxygens (including phenoxy) is 1. The molecule has 1 heterocycles. The third-order valence-electron chi connectivity index (χ3n) is 5.53. The van der Waals surface area contributed by atoms with E-state index in [1.165, 1.54) is 16.7 Å². The highest BCUT2D eigenvalue weighted by atomic mass is 32.2. The second kappa shape index (κ2) is 11.8. The van der Waals surface area contributed by atoms with Crippen LogP contribution in [0.4, 0.5) is 4.79 Å². The summed E-state index contributed by atoms with van der Waals surface area (Å²) in [6, 6.07) is 9.38. The number of hydrogen-bond donors (Lipinski definition) is 2. The first-order chi connectivity index (χ1) is 15.4. The van der Waals surface area contributed by atoms with E-state index >= 15 is 0 Å². The first kappa shape index (κ1) is 27.0. The molecular formula is C25H38N2O5S. The fraction of sp³-hybridized carbons (Fsp3) is 0.640. The zero-order chi connectivity index (χ0) is 24.6. The SMILES string of the molecule is CC(C)CC(CSCC(=O)OC(C)(C)C)NC(=O)C1(Cc2ccccc2)CCCN1C(=O)O. The van der Waals surface area contributed by atoms with Crippen molar-refractivity contribution < 1.29 is 24.2 Å². The maximum atomic E-state index is 13.6. The van der Waals surface area contributed by atoms with Crippen molar-refractivity contribution >= 4 is 29.7 Å². The fourth-order valence-corrected chi connectivity index (χ4v) is 5.15. The first-order valence-corrected chi connectivity index (χ1v) is 12.7. The molecule has 1 fully saturated rings. The van der Waals surface area contributed by atoms with E-state index in [9.17, 15) is 19.5 Å².